The van der Waals surface area contributed by atoms with E-state index in [1.165, 1.54) is 0 Å². The third-order valence-electron chi connectivity index (χ3n) is 2.45. The van der Waals surface area contributed by atoms with Crippen molar-refractivity contribution < 1.29 is 0 Å². The van der Waals surface area contributed by atoms with E-state index < -0.39 is 0 Å². The minimum absolute atomic E-state index is 0.246. The standard InChI is InChI=1S/C12H15ClN4/c13-8-11(14)17-10-4-2-9(3-5-10)12-15-6-1-7-16-12/h2-5H,1,6-8H2,(H2,14,17)(H,15,16). The normalized spacial score (nSPS) is 16.3. The molecule has 0 unspecified atom stereocenters. The third-order valence-corrected chi connectivity index (χ3v) is 2.72. The van der Waals surface area contributed by atoms with E-state index in [0.29, 0.717) is 5.84 Å². The van der Waals surface area contributed by atoms with Crippen LogP contribution in [0.5, 0.6) is 0 Å². The molecule has 4 nitrogen and oxygen atoms in total. The first-order chi connectivity index (χ1) is 8.29. The van der Waals surface area contributed by atoms with Crippen molar-refractivity contribution in [1.29, 1.82) is 0 Å². The number of nitrogens with two attached hydrogens (primary N) is 1. The topological polar surface area (TPSA) is 62.8 Å². The van der Waals surface area contributed by atoms with E-state index in [-0.39, 0.29) is 5.88 Å². The van der Waals surface area contributed by atoms with Gasteiger partial charge in [-0.2, -0.15) is 0 Å². The fourth-order valence-electron chi connectivity index (χ4n) is 1.62. The molecule has 1 aliphatic heterocycles. The van der Waals surface area contributed by atoms with Gasteiger partial charge in [-0.05, 0) is 30.7 Å². The molecule has 0 fully saturated rings. The minimum atomic E-state index is 0.246. The van der Waals surface area contributed by atoms with Crippen molar-refractivity contribution in [3.63, 3.8) is 0 Å². The van der Waals surface area contributed by atoms with Crippen molar-refractivity contribution in [2.24, 2.45) is 15.7 Å². The Balaban J connectivity index is 2.15. The summed E-state index contributed by atoms with van der Waals surface area (Å²) < 4.78 is 0. The zero-order valence-corrected chi connectivity index (χ0v) is 10.2. The Kier molecular flexibility index (Phi) is 3.98. The summed E-state index contributed by atoms with van der Waals surface area (Å²) in [6.45, 7) is 1.87. The van der Waals surface area contributed by atoms with Crippen molar-refractivity contribution in [2.45, 2.75) is 6.42 Å². The smallest absolute Gasteiger partial charge is 0.128 e. The van der Waals surface area contributed by atoms with Crippen LogP contribution in [0.1, 0.15) is 12.0 Å². The summed E-state index contributed by atoms with van der Waals surface area (Å²) in [5.41, 5.74) is 7.45. The highest BCUT2D eigenvalue weighted by Crippen LogP contribution is 2.14. The molecule has 3 N–H and O–H groups in total. The van der Waals surface area contributed by atoms with Gasteiger partial charge in [-0.25, -0.2) is 4.99 Å². The van der Waals surface area contributed by atoms with E-state index in [9.17, 15) is 0 Å². The molecule has 90 valence electrons. The molecule has 1 aromatic carbocycles. The fourth-order valence-corrected chi connectivity index (χ4v) is 1.68. The molecular formula is C12H15ClN4. The lowest BCUT2D eigenvalue weighted by atomic mass is 10.1. The molecule has 0 radical (unpaired) electrons. The molecular weight excluding hydrogens is 236 g/mol. The molecule has 0 aromatic heterocycles. The largest absolute Gasteiger partial charge is 0.386 e. The average Bonchev–Trinajstić information content (AvgIpc) is 2.40. The number of alkyl halides is 1. The van der Waals surface area contributed by atoms with Crippen molar-refractivity contribution in [2.75, 3.05) is 19.0 Å². The van der Waals surface area contributed by atoms with Crippen LogP contribution in [0.3, 0.4) is 0 Å². The van der Waals surface area contributed by atoms with Gasteiger partial charge in [-0.15, -0.1) is 11.6 Å². The van der Waals surface area contributed by atoms with E-state index in [4.69, 9.17) is 17.3 Å². The van der Waals surface area contributed by atoms with E-state index in [1.54, 1.807) is 0 Å². The maximum absolute atomic E-state index is 5.57. The molecule has 0 saturated carbocycles. The Bertz CT molecular complexity index is 436. The summed E-state index contributed by atoms with van der Waals surface area (Å²) in [5.74, 6) is 1.63. The number of hydrogen-bond donors (Lipinski definition) is 2. The van der Waals surface area contributed by atoms with Gasteiger partial charge in [0.2, 0.25) is 0 Å². The molecule has 1 aromatic rings. The van der Waals surface area contributed by atoms with Gasteiger partial charge >= 0.3 is 0 Å². The number of nitrogens with zero attached hydrogens (tertiary/aromatic N) is 2. The molecule has 0 bridgehead atoms. The van der Waals surface area contributed by atoms with Gasteiger partial charge in [0.25, 0.3) is 0 Å². The highest BCUT2D eigenvalue weighted by Gasteiger charge is 2.06. The van der Waals surface area contributed by atoms with Crippen LogP contribution in [0, 0.1) is 0 Å². The lowest BCUT2D eigenvalue weighted by Crippen LogP contribution is -2.30. The van der Waals surface area contributed by atoms with Crippen LogP contribution >= 0.6 is 11.6 Å². The maximum Gasteiger partial charge on any atom is 0.128 e. The molecule has 2 rings (SSSR count). The van der Waals surface area contributed by atoms with Crippen molar-refractivity contribution in [3.05, 3.63) is 29.8 Å². The predicted octanol–water partition coefficient (Wildman–Crippen LogP) is 1.65. The number of rotatable bonds is 3. The molecule has 1 heterocycles. The van der Waals surface area contributed by atoms with Crippen LogP contribution in [-0.2, 0) is 0 Å². The van der Waals surface area contributed by atoms with Gasteiger partial charge in [-0.1, -0.05) is 0 Å². The quantitative estimate of drug-likeness (QED) is 0.487. The fraction of sp³-hybridized carbons (Fsp3) is 0.333. The van der Waals surface area contributed by atoms with Crippen molar-refractivity contribution >= 4 is 29.0 Å². The molecule has 0 aliphatic carbocycles. The average molecular weight is 251 g/mol. The number of hydrogen-bond acceptors (Lipinski definition) is 3. The minimum Gasteiger partial charge on any atom is -0.386 e. The van der Waals surface area contributed by atoms with Crippen LogP contribution in [0.2, 0.25) is 0 Å². The lowest BCUT2D eigenvalue weighted by Gasteiger charge is -2.14. The molecule has 0 spiro atoms. The lowest BCUT2D eigenvalue weighted by molar-refractivity contribution is 0.742. The zero-order valence-electron chi connectivity index (χ0n) is 9.49. The number of amidine groups is 2. The van der Waals surface area contributed by atoms with Crippen molar-refractivity contribution in [3.8, 4) is 0 Å². The molecule has 5 heteroatoms. The van der Waals surface area contributed by atoms with Gasteiger partial charge in [0.1, 0.15) is 11.7 Å². The highest BCUT2D eigenvalue weighted by atomic mass is 35.5. The first-order valence-electron chi connectivity index (χ1n) is 5.57. The number of halogens is 1. The summed E-state index contributed by atoms with van der Waals surface area (Å²) in [6.07, 6.45) is 1.10. The van der Waals surface area contributed by atoms with Crippen LogP contribution < -0.4 is 11.1 Å². The first-order valence-corrected chi connectivity index (χ1v) is 6.11. The van der Waals surface area contributed by atoms with Gasteiger partial charge in [0, 0.05) is 18.7 Å². The molecule has 17 heavy (non-hydrogen) atoms. The first kappa shape index (κ1) is 11.9. The Labute approximate surface area is 106 Å². The van der Waals surface area contributed by atoms with E-state index in [0.717, 1.165) is 36.6 Å². The van der Waals surface area contributed by atoms with Crippen LogP contribution in [0.25, 0.3) is 0 Å². The predicted molar refractivity (Wildman–Crippen MR) is 72.5 cm³/mol. The molecule has 0 atom stereocenters. The molecule has 1 aliphatic rings. The Morgan fingerprint density at radius 3 is 2.76 bits per heavy atom. The van der Waals surface area contributed by atoms with Gasteiger partial charge in [-0.3, -0.25) is 4.99 Å². The van der Waals surface area contributed by atoms with Crippen LogP contribution in [0.15, 0.2) is 34.3 Å². The van der Waals surface area contributed by atoms with E-state index >= 15 is 0 Å². The van der Waals surface area contributed by atoms with Gasteiger partial charge in [0.05, 0.1) is 11.6 Å². The second-order valence-corrected chi connectivity index (χ2v) is 4.06. The maximum atomic E-state index is 5.57. The zero-order chi connectivity index (χ0) is 12.1. The summed E-state index contributed by atoms with van der Waals surface area (Å²) in [4.78, 5) is 8.60. The summed E-state index contributed by atoms with van der Waals surface area (Å²) >= 11 is 5.57. The van der Waals surface area contributed by atoms with Crippen molar-refractivity contribution in [1.82, 2.24) is 5.32 Å². The van der Waals surface area contributed by atoms with E-state index in [2.05, 4.69) is 15.3 Å². The Morgan fingerprint density at radius 2 is 2.18 bits per heavy atom. The SMILES string of the molecule is NC(CCl)=Nc1ccc(C2=NCCCN2)cc1. The molecule has 0 amide bonds. The Morgan fingerprint density at radius 1 is 1.41 bits per heavy atom. The summed E-state index contributed by atoms with van der Waals surface area (Å²) in [7, 11) is 0. The number of benzene rings is 1. The Hall–Kier alpha value is -1.55. The summed E-state index contributed by atoms with van der Waals surface area (Å²) in [6, 6.07) is 7.79. The second kappa shape index (κ2) is 5.68. The van der Waals surface area contributed by atoms with E-state index in [1.807, 2.05) is 24.3 Å². The second-order valence-electron chi connectivity index (χ2n) is 3.79. The molecule has 0 saturated heterocycles. The van der Waals surface area contributed by atoms with Crippen LogP contribution in [0.4, 0.5) is 5.69 Å². The third kappa shape index (κ3) is 3.20. The monoisotopic (exact) mass is 250 g/mol. The summed E-state index contributed by atoms with van der Waals surface area (Å²) in [5, 5.41) is 3.28. The number of aliphatic imine (C=N–C) groups is 2. The van der Waals surface area contributed by atoms with Gasteiger partial charge < -0.3 is 11.1 Å². The highest BCUT2D eigenvalue weighted by molar-refractivity contribution is 6.28. The van der Waals surface area contributed by atoms with Crippen LogP contribution in [-0.4, -0.2) is 30.6 Å². The van der Waals surface area contributed by atoms with Gasteiger partial charge in [0.15, 0.2) is 0 Å². The number of nitrogens with one attached hydrogen (secondary N) is 1.